The second-order valence-electron chi connectivity index (χ2n) is 4.99. The van der Waals surface area contributed by atoms with Crippen molar-refractivity contribution in [2.24, 2.45) is 0 Å². The number of methoxy groups -OCH3 is 1. The summed E-state index contributed by atoms with van der Waals surface area (Å²) >= 11 is 0. The van der Waals surface area contributed by atoms with E-state index in [-0.39, 0.29) is 12.1 Å². The van der Waals surface area contributed by atoms with Gasteiger partial charge in [0.05, 0.1) is 7.11 Å². The molecule has 2 aromatic rings. The fourth-order valence-electron chi connectivity index (χ4n) is 2.61. The molecule has 2 aromatic carbocycles. The summed E-state index contributed by atoms with van der Waals surface area (Å²) in [5.74, 6) is 0.0907. The molecule has 0 spiro atoms. The van der Waals surface area contributed by atoms with Crippen molar-refractivity contribution in [1.29, 1.82) is 0 Å². The monoisotopic (exact) mass is 268 g/mol. The minimum Gasteiger partial charge on any atom is -0.484 e. The highest BCUT2D eigenvalue weighted by Gasteiger charge is 2.41. The molecule has 0 N–H and O–H groups in total. The summed E-state index contributed by atoms with van der Waals surface area (Å²) < 4.78 is 10.9. The van der Waals surface area contributed by atoms with Crippen LogP contribution < -0.4 is 4.74 Å². The zero-order valence-electron chi connectivity index (χ0n) is 11.5. The summed E-state index contributed by atoms with van der Waals surface area (Å²) in [5, 5.41) is 0. The number of carbonyl (C=O) groups excluding carboxylic acids is 1. The van der Waals surface area contributed by atoms with E-state index in [2.05, 4.69) is 0 Å². The summed E-state index contributed by atoms with van der Waals surface area (Å²) in [6, 6.07) is 15.7. The maximum Gasteiger partial charge on any atom is 0.317 e. The minimum atomic E-state index is -0.404. The van der Waals surface area contributed by atoms with Gasteiger partial charge in [-0.05, 0) is 18.6 Å². The van der Waals surface area contributed by atoms with E-state index < -0.39 is 5.92 Å². The van der Waals surface area contributed by atoms with Gasteiger partial charge in [0.25, 0.3) is 0 Å². The SMILES string of the molecule is COC(=O)[C@H]1c2ccccc2O[C@H]1c1ccc(C)cc1. The van der Waals surface area contributed by atoms with Crippen LogP contribution in [0.1, 0.15) is 28.7 Å². The second kappa shape index (κ2) is 5.00. The first-order valence-electron chi connectivity index (χ1n) is 6.60. The van der Waals surface area contributed by atoms with E-state index in [0.29, 0.717) is 0 Å². The molecule has 0 saturated heterocycles. The summed E-state index contributed by atoms with van der Waals surface area (Å²) in [6.07, 6.45) is -0.319. The predicted octanol–water partition coefficient (Wildman–Crippen LogP) is 3.39. The molecule has 0 saturated carbocycles. The summed E-state index contributed by atoms with van der Waals surface area (Å²) in [5.41, 5.74) is 3.06. The second-order valence-corrected chi connectivity index (χ2v) is 4.99. The molecule has 102 valence electrons. The molecule has 1 heterocycles. The van der Waals surface area contributed by atoms with Crippen LogP contribution in [0.2, 0.25) is 0 Å². The van der Waals surface area contributed by atoms with Crippen molar-refractivity contribution < 1.29 is 14.3 Å². The third kappa shape index (κ3) is 2.05. The number of hydrogen-bond acceptors (Lipinski definition) is 3. The lowest BCUT2D eigenvalue weighted by molar-refractivity contribution is -0.144. The van der Waals surface area contributed by atoms with Crippen molar-refractivity contribution in [3.63, 3.8) is 0 Å². The molecule has 1 aliphatic rings. The van der Waals surface area contributed by atoms with E-state index >= 15 is 0 Å². The summed E-state index contributed by atoms with van der Waals surface area (Å²) in [4.78, 5) is 12.1. The van der Waals surface area contributed by atoms with Crippen molar-refractivity contribution in [1.82, 2.24) is 0 Å². The maximum atomic E-state index is 12.1. The van der Waals surface area contributed by atoms with Gasteiger partial charge in [-0.25, -0.2) is 0 Å². The Bertz CT molecular complexity index is 631. The molecule has 3 heteroatoms. The molecule has 3 rings (SSSR count). The number of carbonyl (C=O) groups is 1. The number of esters is 1. The van der Waals surface area contributed by atoms with Crippen molar-refractivity contribution in [3.8, 4) is 5.75 Å². The molecule has 0 aromatic heterocycles. The molecule has 1 aliphatic heterocycles. The first kappa shape index (κ1) is 12.7. The number of fused-ring (bicyclic) bond motifs is 1. The molecule has 0 radical (unpaired) electrons. The van der Waals surface area contributed by atoms with Crippen LogP contribution in [-0.4, -0.2) is 13.1 Å². The van der Waals surface area contributed by atoms with Gasteiger partial charge in [0.1, 0.15) is 17.8 Å². The molecule has 2 atom stereocenters. The third-order valence-corrected chi connectivity index (χ3v) is 3.67. The molecule has 0 bridgehead atoms. The number of aryl methyl sites for hydroxylation is 1. The van der Waals surface area contributed by atoms with E-state index in [9.17, 15) is 4.79 Å². The smallest absolute Gasteiger partial charge is 0.317 e. The van der Waals surface area contributed by atoms with Crippen molar-refractivity contribution >= 4 is 5.97 Å². The van der Waals surface area contributed by atoms with Gasteiger partial charge < -0.3 is 9.47 Å². The molecule has 0 aliphatic carbocycles. The zero-order valence-corrected chi connectivity index (χ0v) is 11.5. The van der Waals surface area contributed by atoms with Crippen LogP contribution in [-0.2, 0) is 9.53 Å². The lowest BCUT2D eigenvalue weighted by atomic mass is 9.91. The Morgan fingerprint density at radius 3 is 2.50 bits per heavy atom. The Morgan fingerprint density at radius 2 is 1.80 bits per heavy atom. The molecule has 0 amide bonds. The van der Waals surface area contributed by atoms with Gasteiger partial charge in [-0.1, -0.05) is 48.0 Å². The van der Waals surface area contributed by atoms with Crippen LogP contribution in [0.3, 0.4) is 0 Å². The molecule has 20 heavy (non-hydrogen) atoms. The van der Waals surface area contributed by atoms with Crippen LogP contribution in [0.15, 0.2) is 48.5 Å². The molecule has 0 fully saturated rings. The van der Waals surface area contributed by atoms with Gasteiger partial charge in [0.2, 0.25) is 0 Å². The average Bonchev–Trinajstić information content (AvgIpc) is 2.86. The lowest BCUT2D eigenvalue weighted by Crippen LogP contribution is -2.20. The standard InChI is InChI=1S/C17H16O3/c1-11-7-9-12(10-8-11)16-15(17(18)19-2)13-5-3-4-6-14(13)20-16/h3-10,15-16H,1-2H3/t15-,16-/m0/s1. The van der Waals surface area contributed by atoms with Crippen LogP contribution >= 0.6 is 0 Å². The van der Waals surface area contributed by atoms with Gasteiger partial charge in [0, 0.05) is 5.56 Å². The van der Waals surface area contributed by atoms with Crippen LogP contribution in [0.5, 0.6) is 5.75 Å². The number of benzene rings is 2. The van der Waals surface area contributed by atoms with Gasteiger partial charge >= 0.3 is 5.97 Å². The van der Waals surface area contributed by atoms with E-state index in [1.54, 1.807) is 0 Å². The lowest BCUT2D eigenvalue weighted by Gasteiger charge is -2.17. The minimum absolute atomic E-state index is 0.263. The van der Waals surface area contributed by atoms with Crippen molar-refractivity contribution in [2.45, 2.75) is 18.9 Å². The van der Waals surface area contributed by atoms with E-state index in [1.807, 2.05) is 55.5 Å². The zero-order chi connectivity index (χ0) is 14.1. The Morgan fingerprint density at radius 1 is 1.10 bits per heavy atom. The Hall–Kier alpha value is -2.29. The van der Waals surface area contributed by atoms with Crippen LogP contribution in [0.25, 0.3) is 0 Å². The highest BCUT2D eigenvalue weighted by Crippen LogP contribution is 2.46. The Labute approximate surface area is 118 Å². The highest BCUT2D eigenvalue weighted by atomic mass is 16.5. The first-order valence-corrected chi connectivity index (χ1v) is 6.60. The van der Waals surface area contributed by atoms with Crippen molar-refractivity contribution in [3.05, 3.63) is 65.2 Å². The Kier molecular flexibility index (Phi) is 3.18. The van der Waals surface area contributed by atoms with Gasteiger partial charge in [-0.2, -0.15) is 0 Å². The molecular weight excluding hydrogens is 252 g/mol. The topological polar surface area (TPSA) is 35.5 Å². The quantitative estimate of drug-likeness (QED) is 0.783. The summed E-state index contributed by atoms with van der Waals surface area (Å²) in [6.45, 7) is 2.03. The maximum absolute atomic E-state index is 12.1. The van der Waals surface area contributed by atoms with E-state index in [1.165, 1.54) is 12.7 Å². The molecular formula is C17H16O3. The number of para-hydroxylation sites is 1. The molecule has 3 nitrogen and oxygen atoms in total. The fraction of sp³-hybridized carbons (Fsp3) is 0.235. The summed E-state index contributed by atoms with van der Waals surface area (Å²) in [7, 11) is 1.41. The average molecular weight is 268 g/mol. The number of ether oxygens (including phenoxy) is 2. The fourth-order valence-corrected chi connectivity index (χ4v) is 2.61. The molecule has 0 unspecified atom stereocenters. The predicted molar refractivity (Wildman–Crippen MR) is 75.7 cm³/mol. The Balaban J connectivity index is 2.03. The van der Waals surface area contributed by atoms with Crippen LogP contribution in [0.4, 0.5) is 0 Å². The van der Waals surface area contributed by atoms with Gasteiger partial charge in [-0.3, -0.25) is 4.79 Å². The van der Waals surface area contributed by atoms with Gasteiger partial charge in [-0.15, -0.1) is 0 Å². The van der Waals surface area contributed by atoms with Crippen LogP contribution in [0, 0.1) is 6.92 Å². The third-order valence-electron chi connectivity index (χ3n) is 3.67. The number of rotatable bonds is 2. The first-order chi connectivity index (χ1) is 9.70. The van der Waals surface area contributed by atoms with E-state index in [4.69, 9.17) is 9.47 Å². The van der Waals surface area contributed by atoms with E-state index in [0.717, 1.165) is 16.9 Å². The normalized spacial score (nSPS) is 20.1. The number of hydrogen-bond donors (Lipinski definition) is 0. The van der Waals surface area contributed by atoms with Gasteiger partial charge in [0.15, 0.2) is 0 Å². The highest BCUT2D eigenvalue weighted by molar-refractivity contribution is 5.81. The largest absolute Gasteiger partial charge is 0.484 e. The van der Waals surface area contributed by atoms with Crippen molar-refractivity contribution in [2.75, 3.05) is 7.11 Å².